The molecule has 26 heteroatoms. The molecule has 0 spiro atoms. The van der Waals surface area contributed by atoms with Crippen LogP contribution >= 0.6 is 0 Å². The highest BCUT2D eigenvalue weighted by atomic mass is 32.2. The van der Waals surface area contributed by atoms with Crippen LogP contribution in [0.15, 0.2) is 82.2 Å². The molecule has 21 rings (SSSR count). The quantitative estimate of drug-likeness (QED) is 0.118. The number of nitrogens with one attached hydrogen (secondary N) is 1. The number of ketones is 1. The van der Waals surface area contributed by atoms with Gasteiger partial charge in [-0.1, -0.05) is 48.5 Å². The third kappa shape index (κ3) is 26.8. The van der Waals surface area contributed by atoms with E-state index in [9.17, 15) is 45.6 Å². The van der Waals surface area contributed by atoms with Gasteiger partial charge in [-0.05, 0) is 363 Å². The van der Waals surface area contributed by atoms with Gasteiger partial charge in [0.2, 0.25) is 5.91 Å². The standard InChI is InChI=1S/C17H24N2O.C12H16F3N.C12H18N2O.C12H17NO2.C12H19N.C11H17NO2S.C10H15NO2.C10H15NOS.C10H15N.C9H13N/c1-11-8-14-9-13(6-7-19(14)12(11)2)16-18-10-15(20-16)17(3,4)5;1-7-4-10-5-11(12(13,14)15)9(3)16(10)6-8(7)2;1-8-6-12-5-4-11(13-10(3)15)7-14(12)9(8)2;1-8-5-11-6-10(12(15)7-14)3-4-13(11)9(8)2;1-9(2)12-8-11-6-4-5-7-13(11)10(12)3;1-8-6-10-7-11(15(3,13)14)4-5-12(10)9(8)2;1-6-3-8-4-9(12)10(13)5-11(8)7(6)2;1-8-10(13(2)12)7-9-5-3-4-6-11(8)9;1-8-7-10-5-3-4-6-11(10)9(8)2;1-8-5-6-9-4-2-3-7-10(8)9/h8,10,13H,6-7,9H2,1-5H3;5,7-8H,4,6H2,1-3H3;6,11H,4-5,7H2,1-3H3,(H,13,15);5,10,14H,3-4,6-7H2,1-2H3;8-9H,4-7H2,1-3H3;6,11H,4-5,7H2,1-3H3;3,9-10,12-13H,4-5H2,1-2H3;7H,3-6H2,1-2H3;7H,3-6H2,1-2H3;5-6H,2-4,7H2,1H3. The van der Waals surface area contributed by atoms with E-state index in [0.29, 0.717) is 61.3 Å². The summed E-state index contributed by atoms with van der Waals surface area (Å²) >= 11 is 0. The number of nitrogens with zero attached hydrogens (tertiary/aromatic N) is 11. The predicted molar refractivity (Wildman–Crippen MR) is 564 cm³/mol. The van der Waals surface area contributed by atoms with Gasteiger partial charge in [0.25, 0.3) is 0 Å². The van der Waals surface area contributed by atoms with E-state index in [1.54, 1.807) is 37.1 Å². The SMILES string of the molecule is CC(=O)NC1CCc2cc(C)c(C)n2C1.Cc1c(C(C)C)cc2n1CCCC2.Cc1c(C(F)(F)F)cc2n1CC(C)C(C)C2.Cc1c(S(C)=O)cc2n1CCCC2.Cc1cc2n(c1C)CC(O)C(O)C2.Cc1cc2n(c1C)CCC(C(=O)CO)C2.Cc1cc2n(c1C)CCC(S(C)(=O)=O)C2.Cc1cc2n(c1C)CCC(c1ncc(C(C)(C)C)o1)C2.Cc1cc2n(c1C)CCCC2.Cc1ccc2n1CCCC2. The van der Waals surface area contributed by atoms with Gasteiger partial charge < -0.3 is 70.7 Å². The topological polar surface area (TPSA) is 233 Å². The van der Waals surface area contributed by atoms with Crippen molar-refractivity contribution in [3.63, 3.8) is 0 Å². The van der Waals surface area contributed by atoms with Crippen molar-refractivity contribution in [2.24, 2.45) is 17.8 Å². The molecule has 0 aromatic carbocycles. The van der Waals surface area contributed by atoms with Crippen LogP contribution in [0.5, 0.6) is 0 Å². The maximum atomic E-state index is 12.7. The predicted octanol–water partition coefficient (Wildman–Crippen LogP) is 22.1. The van der Waals surface area contributed by atoms with E-state index in [2.05, 4.69) is 257 Å². The number of aliphatic hydroxyl groups is 3. The van der Waals surface area contributed by atoms with Gasteiger partial charge in [0.15, 0.2) is 21.5 Å². The molecule has 21 heterocycles. The number of halogens is 3. The average Bonchev–Trinajstić information content (AvgIpc) is 1.64. The van der Waals surface area contributed by atoms with Gasteiger partial charge in [-0.2, -0.15) is 13.2 Å². The normalized spacial score (nSPS) is 20.3. The summed E-state index contributed by atoms with van der Waals surface area (Å²) in [6, 6.07) is 23.9. The zero-order valence-corrected chi connectivity index (χ0v) is 91.8. The minimum absolute atomic E-state index is 0.0160. The third-order valence-corrected chi connectivity index (χ3v) is 35.0. The van der Waals surface area contributed by atoms with Crippen molar-refractivity contribution in [1.29, 1.82) is 0 Å². The number of carbonyl (C=O) groups excluding carboxylic acids is 2. The largest absolute Gasteiger partial charge is 0.445 e. The van der Waals surface area contributed by atoms with Crippen molar-refractivity contribution in [3.8, 4) is 0 Å². The lowest BCUT2D eigenvalue weighted by Gasteiger charge is -2.28. The molecular weight excluding hydrogens is 1810 g/mol. The summed E-state index contributed by atoms with van der Waals surface area (Å²) in [5.74, 6) is 3.99. The zero-order chi connectivity index (χ0) is 103. The maximum Gasteiger partial charge on any atom is 0.418 e. The Labute approximate surface area is 842 Å². The molecule has 0 bridgehead atoms. The summed E-state index contributed by atoms with van der Waals surface area (Å²) in [6.07, 6.45) is 24.0. The van der Waals surface area contributed by atoms with Crippen molar-refractivity contribution < 1.29 is 55.1 Å². The van der Waals surface area contributed by atoms with Crippen LogP contribution in [-0.4, -0.2) is 133 Å². The summed E-state index contributed by atoms with van der Waals surface area (Å²) in [7, 11) is -3.71. The van der Waals surface area contributed by atoms with Crippen LogP contribution in [0.3, 0.4) is 0 Å². The first kappa shape index (κ1) is 111. The van der Waals surface area contributed by atoms with E-state index in [1.165, 1.54) is 221 Å². The van der Waals surface area contributed by atoms with Gasteiger partial charge >= 0.3 is 6.18 Å². The van der Waals surface area contributed by atoms with Crippen LogP contribution in [-0.2, 0) is 171 Å². The summed E-state index contributed by atoms with van der Waals surface area (Å²) < 4.78 is 101. The fourth-order valence-corrected chi connectivity index (χ4v) is 24.4. The molecule has 11 aromatic rings. The second kappa shape index (κ2) is 47.4. The van der Waals surface area contributed by atoms with Gasteiger partial charge in [-0.25, -0.2) is 13.4 Å². The van der Waals surface area contributed by atoms with Crippen LogP contribution in [0.25, 0.3) is 0 Å². The van der Waals surface area contributed by atoms with Gasteiger partial charge in [0, 0.05) is 228 Å². The summed E-state index contributed by atoms with van der Waals surface area (Å²) in [5.41, 5.74) is 34.8. The van der Waals surface area contributed by atoms with E-state index >= 15 is 0 Å². The first-order valence-corrected chi connectivity index (χ1v) is 55.9. The van der Waals surface area contributed by atoms with Crippen molar-refractivity contribution in [3.05, 3.63) is 243 Å². The highest BCUT2D eigenvalue weighted by molar-refractivity contribution is 7.91. The van der Waals surface area contributed by atoms with Crippen LogP contribution < -0.4 is 5.32 Å². The fourth-order valence-electron chi connectivity index (χ4n) is 22.6. The molecule has 776 valence electrons. The molecule has 9 unspecified atom stereocenters. The summed E-state index contributed by atoms with van der Waals surface area (Å²) in [6.45, 7) is 60.1. The second-order valence-corrected chi connectivity index (χ2v) is 47.5. The number of oxazole rings is 1. The highest BCUT2D eigenvalue weighted by Gasteiger charge is 2.39. The number of aromatic nitrogens is 11. The van der Waals surface area contributed by atoms with Gasteiger partial charge in [-0.3, -0.25) is 13.8 Å². The molecule has 21 nitrogen and oxygen atoms in total. The Morgan fingerprint density at radius 2 is 0.908 bits per heavy atom. The van der Waals surface area contributed by atoms with Gasteiger partial charge in [-0.15, -0.1) is 0 Å². The number of Topliss-reactive ketones (excluding diaryl/α,β-unsaturated/α-hetero) is 1. The minimum Gasteiger partial charge on any atom is -0.445 e. The zero-order valence-electron chi connectivity index (χ0n) is 90.1. The number of hydrogen-bond acceptors (Lipinski definition) is 10. The number of alkyl halides is 3. The van der Waals surface area contributed by atoms with Gasteiger partial charge in [0.05, 0.1) is 51.5 Å². The molecule has 10 aliphatic heterocycles. The molecule has 10 aliphatic rings. The summed E-state index contributed by atoms with van der Waals surface area (Å²) in [5, 5.41) is 30.6. The van der Waals surface area contributed by atoms with Crippen LogP contribution in [0, 0.1) is 129 Å². The highest BCUT2D eigenvalue weighted by Crippen LogP contribution is 2.40. The van der Waals surface area contributed by atoms with E-state index in [4.69, 9.17) is 9.52 Å². The number of hydrogen-bond donors (Lipinski definition) is 4. The van der Waals surface area contributed by atoms with E-state index in [-0.39, 0.29) is 34.9 Å². The Morgan fingerprint density at radius 3 is 1.38 bits per heavy atom. The lowest BCUT2D eigenvalue weighted by Crippen LogP contribution is -2.39. The third-order valence-electron chi connectivity index (χ3n) is 32.4. The fraction of sp³-hybridized carbons (Fsp3) is 0.609. The molecule has 9 atom stereocenters. The number of amides is 1. The van der Waals surface area contributed by atoms with Crippen molar-refractivity contribution in [1.82, 2.24) is 56.0 Å². The molecular formula is C115H169F3N12O9S2. The Bertz CT molecular complexity index is 6280. The molecule has 0 saturated carbocycles. The van der Waals surface area contributed by atoms with Crippen molar-refractivity contribution in [2.45, 2.75) is 425 Å². The second-order valence-electron chi connectivity index (χ2n) is 43.8. The Hall–Kier alpha value is -9.08. The van der Waals surface area contributed by atoms with Gasteiger partial charge in [0.1, 0.15) is 12.4 Å². The molecule has 0 aliphatic carbocycles. The molecule has 4 N–H and O–H groups in total. The Kier molecular flexibility index (Phi) is 37.2. The monoisotopic (exact) mass is 1980 g/mol. The number of fused-ring (bicyclic) bond motifs is 10. The molecule has 1 amide bonds. The number of rotatable bonds is 7. The number of sulfone groups is 1. The molecule has 0 fully saturated rings. The van der Waals surface area contributed by atoms with E-state index < -0.39 is 44.6 Å². The first-order valence-electron chi connectivity index (χ1n) is 52.4. The summed E-state index contributed by atoms with van der Waals surface area (Å²) in [4.78, 5) is 28.0. The first-order chi connectivity index (χ1) is 66.4. The van der Waals surface area contributed by atoms with Crippen LogP contribution in [0.2, 0.25) is 0 Å². The number of aryl methyl sites for hydroxylation is 12. The van der Waals surface area contributed by atoms with Crippen LogP contribution in [0.4, 0.5) is 13.2 Å². The Balaban J connectivity index is 0.000000141. The van der Waals surface area contributed by atoms with E-state index in [1.807, 2.05) is 17.7 Å². The maximum absolute atomic E-state index is 12.7. The van der Waals surface area contributed by atoms with Crippen LogP contribution in [0.1, 0.15) is 314 Å². The average molecular weight is 1980 g/mol. The Morgan fingerprint density at radius 1 is 0.475 bits per heavy atom. The lowest BCUT2D eigenvalue weighted by molar-refractivity contribution is -0.138. The molecule has 141 heavy (non-hydrogen) atoms. The number of carbonyl (C=O) groups is 2. The van der Waals surface area contributed by atoms with E-state index in [0.717, 1.165) is 118 Å². The minimum atomic E-state index is -4.22. The molecule has 0 radical (unpaired) electrons. The molecule has 0 saturated heterocycles. The number of aliphatic hydroxyl groups excluding tert-OH is 3. The smallest absolute Gasteiger partial charge is 0.418 e. The van der Waals surface area contributed by atoms with Crippen molar-refractivity contribution in [2.75, 3.05) is 19.1 Å². The lowest BCUT2D eigenvalue weighted by atomic mass is 9.88. The molecule has 11 aromatic heterocycles. The van der Waals surface area contributed by atoms with Crippen molar-refractivity contribution >= 4 is 32.3 Å².